The van der Waals surface area contributed by atoms with Crippen molar-refractivity contribution in [2.24, 2.45) is 0 Å². The topological polar surface area (TPSA) is 3.24 Å². The van der Waals surface area contributed by atoms with Gasteiger partial charge in [-0.25, -0.2) is 0 Å². The third-order valence-corrected chi connectivity index (χ3v) is 8.54. The Bertz CT molecular complexity index is 2230. The molecule has 7 aromatic rings. The number of anilines is 2. The van der Waals surface area contributed by atoms with E-state index in [-0.39, 0.29) is 0 Å². The summed E-state index contributed by atoms with van der Waals surface area (Å²) in [5.74, 6) is 0. The molecule has 7 aromatic carbocycles. The number of hydrogen-bond acceptors (Lipinski definition) is 1. The van der Waals surface area contributed by atoms with Crippen molar-refractivity contribution in [3.8, 4) is 22.3 Å². The molecule has 0 unspecified atom stereocenters. The summed E-state index contributed by atoms with van der Waals surface area (Å²) in [6.45, 7) is 6.56. The van der Waals surface area contributed by atoms with Crippen LogP contribution in [0.3, 0.4) is 0 Å². The van der Waals surface area contributed by atoms with Gasteiger partial charge in [0.25, 0.3) is 0 Å². The van der Waals surface area contributed by atoms with Gasteiger partial charge in [-0.15, -0.1) is 0 Å². The molecule has 0 saturated carbocycles. The molecular weight excluding hydrogens is 555 g/mol. The second-order valence-electron chi connectivity index (χ2n) is 11.5. The molecule has 0 heterocycles. The van der Waals surface area contributed by atoms with E-state index in [0.717, 1.165) is 28.2 Å². The standard InChI is InChI=1S/C45H35N/c1-3-41(29-26-33(2)36-18-11-19-38(30-36)39-28-27-34-14-7-8-16-37(34)31-39)46(42-21-5-4-6-22-42)43-23-12-20-40(32-43)45-25-13-17-35-15-9-10-24-44(35)45/h3-32H,2H2,1H3/b29-26-,41-3+. The molecule has 0 saturated heterocycles. The second-order valence-corrected chi connectivity index (χ2v) is 11.5. The zero-order valence-electron chi connectivity index (χ0n) is 26.0. The number of benzene rings is 7. The fraction of sp³-hybridized carbons (Fsp3) is 0.0222. The van der Waals surface area contributed by atoms with Crippen molar-refractivity contribution in [2.75, 3.05) is 4.90 Å². The Hall–Kier alpha value is -5.92. The van der Waals surface area contributed by atoms with Crippen LogP contribution in [0.15, 0.2) is 194 Å². The molecule has 220 valence electrons. The lowest BCUT2D eigenvalue weighted by atomic mass is 9.97. The van der Waals surface area contributed by atoms with E-state index < -0.39 is 0 Å². The zero-order chi connectivity index (χ0) is 31.3. The smallest absolute Gasteiger partial charge is 0.0467 e. The van der Waals surface area contributed by atoms with Crippen LogP contribution in [0.2, 0.25) is 0 Å². The first-order chi connectivity index (χ1) is 22.7. The minimum atomic E-state index is 0.958. The fourth-order valence-electron chi connectivity index (χ4n) is 6.16. The third kappa shape index (κ3) is 5.92. The van der Waals surface area contributed by atoms with E-state index in [1.54, 1.807) is 0 Å². The van der Waals surface area contributed by atoms with Crippen molar-refractivity contribution in [1.29, 1.82) is 0 Å². The van der Waals surface area contributed by atoms with Gasteiger partial charge in [0.1, 0.15) is 0 Å². The van der Waals surface area contributed by atoms with E-state index >= 15 is 0 Å². The summed E-state index contributed by atoms with van der Waals surface area (Å²) in [6.07, 6.45) is 6.45. The Morgan fingerprint density at radius 2 is 1.15 bits per heavy atom. The van der Waals surface area contributed by atoms with E-state index in [0.29, 0.717) is 0 Å². The predicted molar refractivity (Wildman–Crippen MR) is 199 cm³/mol. The summed E-state index contributed by atoms with van der Waals surface area (Å²) < 4.78 is 0. The van der Waals surface area contributed by atoms with Gasteiger partial charge in [0.2, 0.25) is 0 Å². The van der Waals surface area contributed by atoms with Gasteiger partial charge in [0.15, 0.2) is 0 Å². The molecule has 0 bridgehead atoms. The molecule has 0 fully saturated rings. The van der Waals surface area contributed by atoms with Crippen molar-refractivity contribution in [3.05, 3.63) is 200 Å². The molecule has 0 spiro atoms. The molecule has 46 heavy (non-hydrogen) atoms. The van der Waals surface area contributed by atoms with Crippen molar-refractivity contribution >= 4 is 38.5 Å². The van der Waals surface area contributed by atoms with Crippen LogP contribution in [0.4, 0.5) is 11.4 Å². The van der Waals surface area contributed by atoms with Crippen molar-refractivity contribution in [1.82, 2.24) is 0 Å². The number of rotatable bonds is 8. The first-order valence-corrected chi connectivity index (χ1v) is 15.7. The highest BCUT2D eigenvalue weighted by Crippen LogP contribution is 2.36. The monoisotopic (exact) mass is 589 g/mol. The lowest BCUT2D eigenvalue weighted by molar-refractivity contribution is 1.20. The van der Waals surface area contributed by atoms with Gasteiger partial charge in [-0.2, -0.15) is 0 Å². The summed E-state index contributed by atoms with van der Waals surface area (Å²) in [4.78, 5) is 2.31. The van der Waals surface area contributed by atoms with E-state index in [4.69, 9.17) is 0 Å². The number of para-hydroxylation sites is 1. The quantitative estimate of drug-likeness (QED) is 0.159. The van der Waals surface area contributed by atoms with Crippen molar-refractivity contribution in [2.45, 2.75) is 6.92 Å². The Balaban J connectivity index is 1.22. The minimum Gasteiger partial charge on any atom is -0.311 e. The maximum atomic E-state index is 4.47. The van der Waals surface area contributed by atoms with Crippen LogP contribution < -0.4 is 4.90 Å². The largest absolute Gasteiger partial charge is 0.311 e. The highest BCUT2D eigenvalue weighted by molar-refractivity contribution is 5.97. The molecule has 1 heteroatoms. The van der Waals surface area contributed by atoms with Gasteiger partial charge in [0, 0.05) is 17.1 Å². The molecule has 0 aliphatic carbocycles. The molecule has 0 amide bonds. The van der Waals surface area contributed by atoms with Crippen LogP contribution in [0, 0.1) is 0 Å². The average Bonchev–Trinajstić information content (AvgIpc) is 3.13. The summed E-state index contributed by atoms with van der Waals surface area (Å²) in [7, 11) is 0. The van der Waals surface area contributed by atoms with Crippen LogP contribution in [0.5, 0.6) is 0 Å². The Labute approximate surface area is 271 Å². The summed E-state index contributed by atoms with van der Waals surface area (Å²) in [5.41, 5.74) is 10.1. The van der Waals surface area contributed by atoms with Gasteiger partial charge >= 0.3 is 0 Å². The van der Waals surface area contributed by atoms with E-state index in [1.807, 2.05) is 0 Å². The van der Waals surface area contributed by atoms with Gasteiger partial charge in [-0.3, -0.25) is 0 Å². The van der Waals surface area contributed by atoms with Crippen LogP contribution >= 0.6 is 0 Å². The Kier molecular flexibility index (Phi) is 8.13. The molecule has 0 aromatic heterocycles. The van der Waals surface area contributed by atoms with Crippen LogP contribution in [-0.2, 0) is 0 Å². The SMILES string of the molecule is C=C(/C=C\C(=C/C)N(c1ccccc1)c1cccc(-c2cccc3ccccc23)c1)c1cccc(-c2ccc3ccccc3c2)c1. The predicted octanol–water partition coefficient (Wildman–Crippen LogP) is 12.6. The van der Waals surface area contributed by atoms with Gasteiger partial charge < -0.3 is 4.90 Å². The highest BCUT2D eigenvalue weighted by Gasteiger charge is 2.14. The Morgan fingerprint density at radius 1 is 0.500 bits per heavy atom. The first-order valence-electron chi connectivity index (χ1n) is 15.7. The zero-order valence-corrected chi connectivity index (χ0v) is 26.0. The second kappa shape index (κ2) is 13.0. The van der Waals surface area contributed by atoms with Gasteiger partial charge in [-0.05, 0) is 104 Å². The van der Waals surface area contributed by atoms with Gasteiger partial charge in [0.05, 0.1) is 0 Å². The van der Waals surface area contributed by atoms with Crippen LogP contribution in [0.1, 0.15) is 12.5 Å². The summed E-state index contributed by atoms with van der Waals surface area (Å²) in [5, 5.41) is 4.99. The van der Waals surface area contributed by atoms with E-state index in [2.05, 4.69) is 200 Å². The lowest BCUT2D eigenvalue weighted by Gasteiger charge is -2.27. The van der Waals surface area contributed by atoms with Crippen molar-refractivity contribution in [3.63, 3.8) is 0 Å². The Morgan fingerprint density at radius 3 is 2.00 bits per heavy atom. The maximum absolute atomic E-state index is 4.47. The number of allylic oxidation sites excluding steroid dienone is 4. The molecule has 0 radical (unpaired) electrons. The summed E-state index contributed by atoms with van der Waals surface area (Å²) in [6, 6.07) is 58.3. The van der Waals surface area contributed by atoms with Crippen molar-refractivity contribution < 1.29 is 0 Å². The number of nitrogens with zero attached hydrogens (tertiary/aromatic N) is 1. The highest BCUT2D eigenvalue weighted by atomic mass is 15.1. The molecule has 0 aliphatic rings. The van der Waals surface area contributed by atoms with E-state index in [9.17, 15) is 0 Å². The summed E-state index contributed by atoms with van der Waals surface area (Å²) >= 11 is 0. The molecule has 7 rings (SSSR count). The number of fused-ring (bicyclic) bond motifs is 2. The first kappa shape index (κ1) is 28.8. The normalized spacial score (nSPS) is 11.7. The van der Waals surface area contributed by atoms with Gasteiger partial charge in [-0.1, -0.05) is 146 Å². The average molecular weight is 590 g/mol. The molecule has 1 nitrogen and oxygen atoms in total. The number of hydrogen-bond donors (Lipinski definition) is 0. The molecule has 0 aliphatic heterocycles. The van der Waals surface area contributed by atoms with Crippen LogP contribution in [0.25, 0.3) is 49.4 Å². The maximum Gasteiger partial charge on any atom is 0.0467 e. The minimum absolute atomic E-state index is 0.958. The molecule has 0 atom stereocenters. The van der Waals surface area contributed by atoms with E-state index in [1.165, 1.54) is 43.8 Å². The molecule has 0 N–H and O–H groups in total. The molecular formula is C45H35N. The fourth-order valence-corrected chi connectivity index (χ4v) is 6.16. The lowest BCUT2D eigenvalue weighted by Crippen LogP contribution is -2.15. The third-order valence-electron chi connectivity index (χ3n) is 8.54. The van der Waals surface area contributed by atoms with Crippen LogP contribution in [-0.4, -0.2) is 0 Å².